The highest BCUT2D eigenvalue weighted by Crippen LogP contribution is 2.18. The number of halogens is 1. The summed E-state index contributed by atoms with van der Waals surface area (Å²) in [6, 6.07) is 7.89. The van der Waals surface area contributed by atoms with E-state index in [0.717, 1.165) is 36.9 Å². The van der Waals surface area contributed by atoms with Crippen LogP contribution in [0.4, 0.5) is 5.69 Å². The van der Waals surface area contributed by atoms with E-state index in [1.807, 2.05) is 24.3 Å². The van der Waals surface area contributed by atoms with Crippen LogP contribution in [0.15, 0.2) is 24.3 Å². The predicted molar refractivity (Wildman–Crippen MR) is 80.5 cm³/mol. The smallest absolute Gasteiger partial charge is 0.224 e. The standard InChI is InChI=1S/C15H20BrNO2/c16-11-12-4-6-13(7-5-12)17-15(18)9-8-14-3-1-2-10-19-14/h4-7,14H,1-3,8-11H2,(H,17,18). The minimum atomic E-state index is 0.0702. The van der Waals surface area contributed by atoms with Gasteiger partial charge in [0.2, 0.25) is 5.91 Å². The number of carbonyl (C=O) groups is 1. The van der Waals surface area contributed by atoms with Crippen LogP contribution < -0.4 is 5.32 Å². The molecule has 0 saturated carbocycles. The largest absolute Gasteiger partial charge is 0.378 e. The Labute approximate surface area is 122 Å². The van der Waals surface area contributed by atoms with Crippen molar-refractivity contribution in [2.75, 3.05) is 11.9 Å². The van der Waals surface area contributed by atoms with Crippen molar-refractivity contribution in [3.8, 4) is 0 Å². The third kappa shape index (κ3) is 4.96. The van der Waals surface area contributed by atoms with Crippen LogP contribution in [-0.4, -0.2) is 18.6 Å². The zero-order valence-corrected chi connectivity index (χ0v) is 12.6. The first-order valence-corrected chi connectivity index (χ1v) is 7.96. The number of anilines is 1. The molecule has 1 heterocycles. The van der Waals surface area contributed by atoms with E-state index in [2.05, 4.69) is 21.2 Å². The highest BCUT2D eigenvalue weighted by atomic mass is 79.9. The third-order valence-corrected chi connectivity index (χ3v) is 4.01. The van der Waals surface area contributed by atoms with Crippen molar-refractivity contribution in [1.82, 2.24) is 0 Å². The van der Waals surface area contributed by atoms with Gasteiger partial charge in [-0.05, 0) is 43.4 Å². The van der Waals surface area contributed by atoms with E-state index in [0.29, 0.717) is 6.42 Å². The van der Waals surface area contributed by atoms with Crippen molar-refractivity contribution < 1.29 is 9.53 Å². The lowest BCUT2D eigenvalue weighted by molar-refractivity contribution is -0.117. The van der Waals surface area contributed by atoms with Gasteiger partial charge in [-0.15, -0.1) is 0 Å². The molecule has 104 valence electrons. The molecule has 1 fully saturated rings. The molecule has 1 N–H and O–H groups in total. The Morgan fingerprint density at radius 2 is 2.11 bits per heavy atom. The summed E-state index contributed by atoms with van der Waals surface area (Å²) in [5.74, 6) is 0.0702. The number of rotatable bonds is 5. The van der Waals surface area contributed by atoms with Gasteiger partial charge in [0, 0.05) is 24.0 Å². The molecule has 1 aromatic rings. The lowest BCUT2D eigenvalue weighted by atomic mass is 10.0. The first-order valence-electron chi connectivity index (χ1n) is 6.84. The SMILES string of the molecule is O=C(CCC1CCCCO1)Nc1ccc(CBr)cc1. The van der Waals surface area contributed by atoms with Crippen LogP contribution in [0.5, 0.6) is 0 Å². The fourth-order valence-corrected chi connectivity index (χ4v) is 2.60. The maximum Gasteiger partial charge on any atom is 0.224 e. The Morgan fingerprint density at radius 3 is 2.74 bits per heavy atom. The number of ether oxygens (including phenoxy) is 1. The molecule has 1 atom stereocenters. The minimum absolute atomic E-state index is 0.0702. The van der Waals surface area contributed by atoms with Gasteiger partial charge in [0.1, 0.15) is 0 Å². The van der Waals surface area contributed by atoms with Crippen molar-refractivity contribution in [1.29, 1.82) is 0 Å². The predicted octanol–water partition coefficient (Wildman–Crippen LogP) is 3.87. The summed E-state index contributed by atoms with van der Waals surface area (Å²) in [6.45, 7) is 0.848. The summed E-state index contributed by atoms with van der Waals surface area (Å²) < 4.78 is 5.62. The van der Waals surface area contributed by atoms with Crippen molar-refractivity contribution in [3.05, 3.63) is 29.8 Å². The number of alkyl halides is 1. The third-order valence-electron chi connectivity index (χ3n) is 3.36. The molecule has 0 radical (unpaired) electrons. The van der Waals surface area contributed by atoms with Crippen LogP contribution in [0.2, 0.25) is 0 Å². The molecule has 1 aliphatic heterocycles. The molecule has 1 saturated heterocycles. The Hall–Kier alpha value is -0.870. The quantitative estimate of drug-likeness (QED) is 0.834. The molecular formula is C15H20BrNO2. The van der Waals surface area contributed by atoms with Crippen molar-refractivity contribution >= 4 is 27.5 Å². The molecule has 1 amide bonds. The van der Waals surface area contributed by atoms with Gasteiger partial charge in [0.25, 0.3) is 0 Å². The van der Waals surface area contributed by atoms with Gasteiger partial charge in [-0.25, -0.2) is 0 Å². The fraction of sp³-hybridized carbons (Fsp3) is 0.533. The minimum Gasteiger partial charge on any atom is -0.378 e. The highest BCUT2D eigenvalue weighted by molar-refractivity contribution is 9.08. The molecule has 1 aliphatic rings. The summed E-state index contributed by atoms with van der Waals surface area (Å²) in [5.41, 5.74) is 2.06. The number of carbonyl (C=O) groups excluding carboxylic acids is 1. The van der Waals surface area contributed by atoms with E-state index in [1.165, 1.54) is 12.0 Å². The highest BCUT2D eigenvalue weighted by Gasteiger charge is 2.15. The molecule has 3 nitrogen and oxygen atoms in total. The molecule has 0 aromatic heterocycles. The normalized spacial score (nSPS) is 19.1. The topological polar surface area (TPSA) is 38.3 Å². The number of hydrogen-bond donors (Lipinski definition) is 1. The van der Waals surface area contributed by atoms with E-state index in [1.54, 1.807) is 0 Å². The molecule has 2 rings (SSSR count). The molecule has 4 heteroatoms. The zero-order valence-electron chi connectivity index (χ0n) is 11.0. The average molecular weight is 326 g/mol. The molecular weight excluding hydrogens is 306 g/mol. The van der Waals surface area contributed by atoms with Crippen molar-refractivity contribution in [3.63, 3.8) is 0 Å². The first-order chi connectivity index (χ1) is 9.28. The molecule has 0 spiro atoms. The van der Waals surface area contributed by atoms with E-state index in [4.69, 9.17) is 4.74 Å². The van der Waals surface area contributed by atoms with Crippen molar-refractivity contribution in [2.45, 2.75) is 43.5 Å². The summed E-state index contributed by atoms with van der Waals surface area (Å²) in [7, 11) is 0. The van der Waals surface area contributed by atoms with Gasteiger partial charge in [-0.1, -0.05) is 28.1 Å². The van der Waals surface area contributed by atoms with E-state index in [9.17, 15) is 4.79 Å². The van der Waals surface area contributed by atoms with Crippen LogP contribution >= 0.6 is 15.9 Å². The second-order valence-corrected chi connectivity index (χ2v) is 5.47. The number of nitrogens with one attached hydrogen (secondary N) is 1. The Morgan fingerprint density at radius 1 is 1.32 bits per heavy atom. The van der Waals surface area contributed by atoms with E-state index in [-0.39, 0.29) is 12.0 Å². The fourth-order valence-electron chi connectivity index (χ4n) is 2.23. The van der Waals surface area contributed by atoms with Gasteiger partial charge < -0.3 is 10.1 Å². The van der Waals surface area contributed by atoms with Crippen LogP contribution in [0, 0.1) is 0 Å². The van der Waals surface area contributed by atoms with Crippen LogP contribution in [0.1, 0.15) is 37.7 Å². The first kappa shape index (κ1) is 14.5. The lowest BCUT2D eigenvalue weighted by Gasteiger charge is -2.22. The van der Waals surface area contributed by atoms with Crippen molar-refractivity contribution in [2.24, 2.45) is 0 Å². The van der Waals surface area contributed by atoms with Crippen LogP contribution in [-0.2, 0) is 14.9 Å². The molecule has 1 unspecified atom stereocenters. The molecule has 0 bridgehead atoms. The Kier molecular flexibility index (Phi) is 5.86. The number of hydrogen-bond acceptors (Lipinski definition) is 2. The second-order valence-electron chi connectivity index (χ2n) is 4.91. The second kappa shape index (κ2) is 7.65. The van der Waals surface area contributed by atoms with Gasteiger partial charge in [0.05, 0.1) is 6.10 Å². The monoisotopic (exact) mass is 325 g/mol. The van der Waals surface area contributed by atoms with Gasteiger partial charge in [0.15, 0.2) is 0 Å². The van der Waals surface area contributed by atoms with E-state index < -0.39 is 0 Å². The summed E-state index contributed by atoms with van der Waals surface area (Å²) in [4.78, 5) is 11.8. The maximum absolute atomic E-state index is 11.8. The average Bonchev–Trinajstić information content (AvgIpc) is 2.47. The van der Waals surface area contributed by atoms with E-state index >= 15 is 0 Å². The molecule has 19 heavy (non-hydrogen) atoms. The van der Waals surface area contributed by atoms with Gasteiger partial charge in [-0.3, -0.25) is 4.79 Å². The number of benzene rings is 1. The summed E-state index contributed by atoms with van der Waals surface area (Å²) in [5, 5.41) is 3.76. The molecule has 1 aromatic carbocycles. The van der Waals surface area contributed by atoms with Crippen LogP contribution in [0.25, 0.3) is 0 Å². The number of amides is 1. The zero-order chi connectivity index (χ0) is 13.5. The lowest BCUT2D eigenvalue weighted by Crippen LogP contribution is -2.21. The van der Waals surface area contributed by atoms with Gasteiger partial charge >= 0.3 is 0 Å². The Balaban J connectivity index is 1.73. The summed E-state index contributed by atoms with van der Waals surface area (Å²) in [6.07, 6.45) is 5.10. The molecule has 0 aliphatic carbocycles. The Bertz CT molecular complexity index is 399. The summed E-state index contributed by atoms with van der Waals surface area (Å²) >= 11 is 3.40. The van der Waals surface area contributed by atoms with Gasteiger partial charge in [-0.2, -0.15) is 0 Å². The maximum atomic E-state index is 11.8. The van der Waals surface area contributed by atoms with Crippen LogP contribution in [0.3, 0.4) is 0 Å².